The number of carboxylic acid groups (broad SMARTS) is 2. The average Bonchev–Trinajstić information content (AvgIpc) is 2.15. The molecule has 0 bridgehead atoms. The summed E-state index contributed by atoms with van der Waals surface area (Å²) in [6.45, 7) is 6.03. The Kier molecular flexibility index (Phi) is 3.14. The largest absolute Gasteiger partial charge is 0.479 e. The van der Waals surface area contributed by atoms with Crippen molar-refractivity contribution in [2.45, 2.75) is 26.3 Å². The van der Waals surface area contributed by atoms with Crippen LogP contribution in [0, 0.1) is 5.41 Å². The predicted molar refractivity (Wildman–Crippen MR) is 57.4 cm³/mol. The van der Waals surface area contributed by atoms with Crippen LogP contribution in [0.5, 0.6) is 0 Å². The third-order valence-electron chi connectivity index (χ3n) is 3.18. The lowest BCUT2D eigenvalue weighted by Gasteiger charge is -2.50. The smallest absolute Gasteiger partial charge is 0.408 e. The number of aliphatic carboxylic acids is 1. The quantitative estimate of drug-likeness (QED) is 0.608. The highest BCUT2D eigenvalue weighted by molar-refractivity contribution is 5.85. The Balaban J connectivity index is 3.25. The first kappa shape index (κ1) is 12.8. The second-order valence-electron chi connectivity index (χ2n) is 5.03. The molecule has 0 spiro atoms. The summed E-state index contributed by atoms with van der Waals surface area (Å²) in [4.78, 5) is 23.7. The van der Waals surface area contributed by atoms with Gasteiger partial charge in [0.05, 0.1) is 0 Å². The molecule has 1 aliphatic heterocycles. The summed E-state index contributed by atoms with van der Waals surface area (Å²) in [6, 6.07) is 0. The van der Waals surface area contributed by atoms with E-state index in [4.69, 9.17) is 5.11 Å². The van der Waals surface area contributed by atoms with Gasteiger partial charge in [-0.25, -0.2) is 9.59 Å². The van der Waals surface area contributed by atoms with E-state index in [1.807, 2.05) is 0 Å². The number of nitrogens with zero attached hydrogens (tertiary/aromatic N) is 1. The maximum atomic E-state index is 11.5. The van der Waals surface area contributed by atoms with E-state index in [-0.39, 0.29) is 13.1 Å². The highest BCUT2D eigenvalue weighted by Gasteiger charge is 2.56. The van der Waals surface area contributed by atoms with E-state index in [9.17, 15) is 14.7 Å². The van der Waals surface area contributed by atoms with E-state index in [0.717, 1.165) is 4.90 Å². The molecule has 1 saturated heterocycles. The van der Waals surface area contributed by atoms with E-state index in [1.165, 1.54) is 0 Å². The predicted octanol–water partition coefficient (Wildman–Crippen LogP) is 0.439. The van der Waals surface area contributed by atoms with Crippen molar-refractivity contribution in [3.63, 3.8) is 0 Å². The van der Waals surface area contributed by atoms with Gasteiger partial charge in [0.25, 0.3) is 0 Å². The average molecular weight is 230 g/mol. The van der Waals surface area contributed by atoms with E-state index in [0.29, 0.717) is 6.54 Å². The molecule has 0 aromatic rings. The number of hydrogen-bond acceptors (Lipinski definition) is 3. The van der Waals surface area contributed by atoms with E-state index >= 15 is 0 Å². The lowest BCUT2D eigenvalue weighted by molar-refractivity contribution is -0.160. The van der Waals surface area contributed by atoms with Crippen LogP contribution >= 0.6 is 0 Å². The van der Waals surface area contributed by atoms with Gasteiger partial charge in [0.2, 0.25) is 0 Å². The summed E-state index contributed by atoms with van der Waals surface area (Å²) in [5.74, 6) is -1.10. The molecule has 0 aromatic heterocycles. The third-order valence-corrected chi connectivity index (χ3v) is 3.18. The Morgan fingerprint density at radius 1 is 1.31 bits per heavy atom. The summed E-state index contributed by atoms with van der Waals surface area (Å²) in [7, 11) is 0. The summed E-state index contributed by atoms with van der Waals surface area (Å²) in [6.07, 6.45) is -1.18. The van der Waals surface area contributed by atoms with Crippen LogP contribution in [-0.2, 0) is 4.79 Å². The molecule has 1 rings (SSSR count). The van der Waals surface area contributed by atoms with Crippen molar-refractivity contribution in [3.05, 3.63) is 0 Å². The third kappa shape index (κ3) is 1.73. The van der Waals surface area contributed by atoms with Crippen molar-refractivity contribution in [1.82, 2.24) is 10.2 Å². The summed E-state index contributed by atoms with van der Waals surface area (Å²) < 4.78 is 0. The van der Waals surface area contributed by atoms with Crippen LogP contribution in [0.1, 0.15) is 20.8 Å². The Bertz CT molecular complexity index is 310. The zero-order valence-corrected chi connectivity index (χ0v) is 9.78. The number of rotatable bonds is 1. The standard InChI is InChI=1S/C10H18N2O4/c1-9(2,3)10(7(13)14)6-11-4-5-12(10)8(15)16/h11H,4-6H2,1-3H3,(H,13,14)(H,15,16). The van der Waals surface area contributed by atoms with Gasteiger partial charge in [0.15, 0.2) is 5.54 Å². The number of amides is 1. The van der Waals surface area contributed by atoms with Crippen LogP contribution in [0.3, 0.4) is 0 Å². The van der Waals surface area contributed by atoms with Gasteiger partial charge in [-0.2, -0.15) is 0 Å². The van der Waals surface area contributed by atoms with Crippen molar-refractivity contribution >= 4 is 12.1 Å². The van der Waals surface area contributed by atoms with E-state index in [2.05, 4.69) is 5.32 Å². The molecule has 1 heterocycles. The molecule has 3 N–H and O–H groups in total. The molecule has 92 valence electrons. The molecule has 1 atom stereocenters. The first-order valence-electron chi connectivity index (χ1n) is 5.18. The van der Waals surface area contributed by atoms with Gasteiger partial charge < -0.3 is 15.5 Å². The highest BCUT2D eigenvalue weighted by Crippen LogP contribution is 2.37. The molecule has 6 heteroatoms. The van der Waals surface area contributed by atoms with Crippen molar-refractivity contribution in [1.29, 1.82) is 0 Å². The molecular formula is C10H18N2O4. The van der Waals surface area contributed by atoms with Gasteiger partial charge in [-0.1, -0.05) is 20.8 Å². The van der Waals surface area contributed by atoms with Gasteiger partial charge in [-0.3, -0.25) is 4.90 Å². The minimum Gasteiger partial charge on any atom is -0.479 e. The second kappa shape index (κ2) is 3.93. The molecular weight excluding hydrogens is 212 g/mol. The molecule has 1 unspecified atom stereocenters. The molecule has 0 saturated carbocycles. The summed E-state index contributed by atoms with van der Waals surface area (Å²) in [5.41, 5.74) is -2.08. The highest BCUT2D eigenvalue weighted by atomic mass is 16.4. The first-order chi connectivity index (χ1) is 7.23. The van der Waals surface area contributed by atoms with Gasteiger partial charge >= 0.3 is 12.1 Å². The van der Waals surface area contributed by atoms with Crippen molar-refractivity contribution < 1.29 is 19.8 Å². The normalized spacial score (nSPS) is 26.6. The topological polar surface area (TPSA) is 89.9 Å². The van der Waals surface area contributed by atoms with Crippen LogP contribution in [0.2, 0.25) is 0 Å². The fourth-order valence-electron chi connectivity index (χ4n) is 2.19. The Morgan fingerprint density at radius 2 is 1.88 bits per heavy atom. The van der Waals surface area contributed by atoms with E-state index in [1.54, 1.807) is 20.8 Å². The monoisotopic (exact) mass is 230 g/mol. The molecule has 1 fully saturated rings. The van der Waals surface area contributed by atoms with E-state index < -0.39 is 23.0 Å². The van der Waals surface area contributed by atoms with Crippen molar-refractivity contribution in [2.75, 3.05) is 19.6 Å². The molecule has 1 amide bonds. The fourth-order valence-corrected chi connectivity index (χ4v) is 2.19. The number of hydrogen-bond donors (Lipinski definition) is 3. The first-order valence-corrected chi connectivity index (χ1v) is 5.18. The maximum Gasteiger partial charge on any atom is 0.408 e. The Labute approximate surface area is 94.2 Å². The molecule has 0 aromatic carbocycles. The number of carbonyl (C=O) groups is 2. The zero-order valence-electron chi connectivity index (χ0n) is 9.78. The molecule has 16 heavy (non-hydrogen) atoms. The van der Waals surface area contributed by atoms with Crippen LogP contribution < -0.4 is 5.32 Å². The number of piperazine rings is 1. The van der Waals surface area contributed by atoms with Gasteiger partial charge in [-0.15, -0.1) is 0 Å². The SMILES string of the molecule is CC(C)(C)C1(C(=O)O)CNCCN1C(=O)O. The number of nitrogens with one attached hydrogen (secondary N) is 1. The molecule has 0 aliphatic carbocycles. The lowest BCUT2D eigenvalue weighted by atomic mass is 9.71. The van der Waals surface area contributed by atoms with Crippen LogP contribution in [0.25, 0.3) is 0 Å². The van der Waals surface area contributed by atoms with Crippen LogP contribution in [0.4, 0.5) is 4.79 Å². The van der Waals surface area contributed by atoms with Crippen LogP contribution in [-0.4, -0.2) is 52.3 Å². The second-order valence-corrected chi connectivity index (χ2v) is 5.03. The van der Waals surface area contributed by atoms with Gasteiger partial charge in [-0.05, 0) is 5.41 Å². The summed E-state index contributed by atoms with van der Waals surface area (Å²) in [5, 5.41) is 21.5. The molecule has 1 aliphatic rings. The Hall–Kier alpha value is -1.30. The molecule has 6 nitrogen and oxygen atoms in total. The minimum atomic E-state index is -1.41. The van der Waals surface area contributed by atoms with Crippen molar-refractivity contribution in [3.8, 4) is 0 Å². The zero-order chi connectivity index (χ0) is 12.6. The lowest BCUT2D eigenvalue weighted by Crippen LogP contribution is -2.72. The van der Waals surface area contributed by atoms with Gasteiger partial charge in [0.1, 0.15) is 0 Å². The fraction of sp³-hybridized carbons (Fsp3) is 0.800. The Morgan fingerprint density at radius 3 is 2.19 bits per heavy atom. The van der Waals surface area contributed by atoms with Crippen molar-refractivity contribution in [2.24, 2.45) is 5.41 Å². The maximum absolute atomic E-state index is 11.5. The summed E-state index contributed by atoms with van der Waals surface area (Å²) >= 11 is 0. The van der Waals surface area contributed by atoms with Crippen LogP contribution in [0.15, 0.2) is 0 Å². The number of carboxylic acids is 1. The minimum absolute atomic E-state index is 0.137. The molecule has 0 radical (unpaired) electrons. The van der Waals surface area contributed by atoms with Gasteiger partial charge in [0, 0.05) is 19.6 Å².